The number of nitrogens with one attached hydrogen (secondary N) is 2. The topological polar surface area (TPSA) is 81.7 Å². The summed E-state index contributed by atoms with van der Waals surface area (Å²) in [5, 5.41) is 5.55. The van der Waals surface area contributed by atoms with Gasteiger partial charge in [-0.1, -0.05) is 38.5 Å². The summed E-state index contributed by atoms with van der Waals surface area (Å²) in [6.45, 7) is 10.1. The monoisotopic (exact) mass is 463 g/mol. The highest BCUT2D eigenvalue weighted by molar-refractivity contribution is 5.92. The Hall–Kier alpha value is -3.13. The van der Waals surface area contributed by atoms with Crippen LogP contribution in [-0.4, -0.2) is 65.4 Å². The van der Waals surface area contributed by atoms with Crippen LogP contribution in [0.15, 0.2) is 41.6 Å². The van der Waals surface area contributed by atoms with E-state index >= 15 is 0 Å². The van der Waals surface area contributed by atoms with E-state index in [1.807, 2.05) is 30.5 Å². The van der Waals surface area contributed by atoms with Crippen LogP contribution in [0.4, 0.5) is 11.5 Å². The predicted octanol–water partition coefficient (Wildman–Crippen LogP) is 4.90. The van der Waals surface area contributed by atoms with Gasteiger partial charge in [0.1, 0.15) is 12.4 Å². The zero-order valence-corrected chi connectivity index (χ0v) is 20.5. The lowest BCUT2D eigenvalue weighted by atomic mass is 10.1. The van der Waals surface area contributed by atoms with Crippen LogP contribution in [0.25, 0.3) is 10.9 Å². The zero-order chi connectivity index (χ0) is 23.6. The van der Waals surface area contributed by atoms with Gasteiger partial charge < -0.3 is 14.6 Å². The molecule has 3 aromatic rings. The number of nitrogens with zero attached hydrogens (tertiary/aromatic N) is 5. The largest absolute Gasteiger partial charge is 0.462 e. The van der Waals surface area contributed by atoms with E-state index in [1.54, 1.807) is 6.21 Å². The van der Waals surface area contributed by atoms with Gasteiger partial charge in [-0.2, -0.15) is 15.1 Å². The molecule has 8 heteroatoms. The van der Waals surface area contributed by atoms with Crippen molar-refractivity contribution in [1.82, 2.24) is 19.9 Å². The summed E-state index contributed by atoms with van der Waals surface area (Å²) in [7, 11) is 0. The number of hydrogen-bond acceptors (Lipinski definition) is 7. The molecule has 2 aromatic heterocycles. The van der Waals surface area contributed by atoms with Crippen molar-refractivity contribution in [2.24, 2.45) is 5.10 Å². The summed E-state index contributed by atoms with van der Waals surface area (Å²) in [5.74, 6) is 0.889. The Morgan fingerprint density at radius 3 is 2.71 bits per heavy atom. The molecule has 1 aromatic carbocycles. The van der Waals surface area contributed by atoms with Crippen molar-refractivity contribution in [2.75, 3.05) is 49.7 Å². The lowest BCUT2D eigenvalue weighted by molar-refractivity contribution is 0.177. The number of para-hydroxylation sites is 1. The van der Waals surface area contributed by atoms with Crippen molar-refractivity contribution in [3.05, 3.63) is 42.2 Å². The normalized spacial score (nSPS) is 14.6. The summed E-state index contributed by atoms with van der Waals surface area (Å²) >= 11 is 0. The molecule has 34 heavy (non-hydrogen) atoms. The van der Waals surface area contributed by atoms with Crippen molar-refractivity contribution >= 4 is 28.6 Å². The fourth-order valence-corrected chi connectivity index (χ4v) is 4.38. The SMILES string of the molecule is CCCN(CCC)c1cc(/C=N/Nc2c[nH]c3ccccc23)nc(OCCN2CCCCC2)n1. The molecule has 0 unspecified atom stereocenters. The van der Waals surface area contributed by atoms with Crippen LogP contribution in [0.3, 0.4) is 0 Å². The van der Waals surface area contributed by atoms with Crippen LogP contribution in [0, 0.1) is 0 Å². The number of likely N-dealkylation sites (tertiary alicyclic amines) is 1. The van der Waals surface area contributed by atoms with E-state index in [0.717, 1.165) is 73.7 Å². The maximum Gasteiger partial charge on any atom is 0.319 e. The smallest absolute Gasteiger partial charge is 0.319 e. The first-order chi connectivity index (χ1) is 16.8. The van der Waals surface area contributed by atoms with Crippen LogP contribution in [0.2, 0.25) is 0 Å². The number of hydrogen-bond donors (Lipinski definition) is 2. The quantitative estimate of drug-likeness (QED) is 0.294. The fraction of sp³-hybridized carbons (Fsp3) is 0.500. The summed E-state index contributed by atoms with van der Waals surface area (Å²) in [6.07, 6.45) is 9.66. The summed E-state index contributed by atoms with van der Waals surface area (Å²) in [5.41, 5.74) is 5.86. The van der Waals surface area contributed by atoms with Crippen molar-refractivity contribution in [2.45, 2.75) is 46.0 Å². The van der Waals surface area contributed by atoms with Gasteiger partial charge in [0.25, 0.3) is 0 Å². The molecular formula is C26H37N7O. The fourth-order valence-electron chi connectivity index (χ4n) is 4.38. The van der Waals surface area contributed by atoms with E-state index in [2.05, 4.69) is 50.2 Å². The lowest BCUT2D eigenvalue weighted by Crippen LogP contribution is -2.33. The first-order valence-corrected chi connectivity index (χ1v) is 12.6. The number of anilines is 2. The molecule has 1 aliphatic rings. The van der Waals surface area contributed by atoms with Crippen LogP contribution in [0.5, 0.6) is 6.01 Å². The van der Waals surface area contributed by atoms with E-state index in [-0.39, 0.29) is 0 Å². The molecule has 1 saturated heterocycles. The number of H-pyrrole nitrogens is 1. The minimum absolute atomic E-state index is 0.417. The molecule has 3 heterocycles. The second-order valence-electron chi connectivity index (χ2n) is 8.79. The molecule has 182 valence electrons. The Morgan fingerprint density at radius 2 is 1.91 bits per heavy atom. The van der Waals surface area contributed by atoms with Crippen molar-refractivity contribution < 1.29 is 4.74 Å². The van der Waals surface area contributed by atoms with Gasteiger partial charge in [-0.25, -0.2) is 0 Å². The van der Waals surface area contributed by atoms with Gasteiger partial charge >= 0.3 is 6.01 Å². The standard InChI is InChI=1S/C26H37N7O/c1-3-12-33(13-4-2)25-18-21(19-28-31-24-20-27-23-11-7-6-10-22(23)24)29-26(30-25)34-17-16-32-14-8-5-9-15-32/h6-7,10-11,18-20,27,31H,3-5,8-9,12-17H2,1-2H3/b28-19+. The highest BCUT2D eigenvalue weighted by atomic mass is 16.5. The number of piperidine rings is 1. The van der Waals surface area contributed by atoms with E-state index in [1.165, 1.54) is 19.3 Å². The molecule has 0 aliphatic carbocycles. The van der Waals surface area contributed by atoms with Crippen molar-refractivity contribution in [1.29, 1.82) is 0 Å². The molecule has 0 amide bonds. The van der Waals surface area contributed by atoms with Gasteiger partial charge in [-0.05, 0) is 44.8 Å². The molecule has 0 radical (unpaired) electrons. The third-order valence-electron chi connectivity index (χ3n) is 6.08. The van der Waals surface area contributed by atoms with E-state index < -0.39 is 0 Å². The van der Waals surface area contributed by atoms with Crippen molar-refractivity contribution in [3.63, 3.8) is 0 Å². The second kappa shape index (κ2) is 12.4. The van der Waals surface area contributed by atoms with E-state index in [4.69, 9.17) is 9.72 Å². The minimum Gasteiger partial charge on any atom is -0.462 e. The van der Waals surface area contributed by atoms with E-state index in [9.17, 15) is 0 Å². The molecule has 1 aliphatic heterocycles. The molecule has 8 nitrogen and oxygen atoms in total. The highest BCUT2D eigenvalue weighted by Crippen LogP contribution is 2.22. The summed E-state index contributed by atoms with van der Waals surface area (Å²) in [6, 6.07) is 10.5. The Morgan fingerprint density at radius 1 is 1.12 bits per heavy atom. The number of ether oxygens (including phenoxy) is 1. The van der Waals surface area contributed by atoms with E-state index in [0.29, 0.717) is 12.6 Å². The first-order valence-electron chi connectivity index (χ1n) is 12.6. The molecule has 0 saturated carbocycles. The lowest BCUT2D eigenvalue weighted by Gasteiger charge is -2.26. The van der Waals surface area contributed by atoms with Gasteiger partial charge in [-0.3, -0.25) is 10.3 Å². The number of hydrazone groups is 1. The van der Waals surface area contributed by atoms with Crippen LogP contribution in [-0.2, 0) is 0 Å². The average molecular weight is 464 g/mol. The number of aromatic amines is 1. The van der Waals surface area contributed by atoms with Crippen LogP contribution < -0.4 is 15.1 Å². The first kappa shape index (κ1) is 24.0. The Bertz CT molecular complexity index is 1050. The number of fused-ring (bicyclic) bond motifs is 1. The van der Waals surface area contributed by atoms with Crippen LogP contribution in [0.1, 0.15) is 51.6 Å². The third-order valence-corrected chi connectivity index (χ3v) is 6.08. The maximum atomic E-state index is 6.03. The second-order valence-corrected chi connectivity index (χ2v) is 8.79. The molecular weight excluding hydrogens is 426 g/mol. The molecule has 1 fully saturated rings. The zero-order valence-electron chi connectivity index (χ0n) is 20.5. The van der Waals surface area contributed by atoms with Gasteiger partial charge in [0.05, 0.1) is 17.6 Å². The molecule has 0 atom stereocenters. The number of aromatic nitrogens is 3. The predicted molar refractivity (Wildman–Crippen MR) is 140 cm³/mol. The highest BCUT2D eigenvalue weighted by Gasteiger charge is 2.13. The van der Waals surface area contributed by atoms with Crippen LogP contribution >= 0.6 is 0 Å². The molecule has 2 N–H and O–H groups in total. The molecule has 0 spiro atoms. The van der Waals surface area contributed by atoms with Gasteiger partial charge in [0.2, 0.25) is 0 Å². The summed E-state index contributed by atoms with van der Waals surface area (Å²) < 4.78 is 6.03. The average Bonchev–Trinajstić information content (AvgIpc) is 3.28. The summed E-state index contributed by atoms with van der Waals surface area (Å²) in [4.78, 5) is 17.4. The van der Waals surface area contributed by atoms with Gasteiger partial charge in [0, 0.05) is 42.8 Å². The number of rotatable bonds is 12. The number of benzene rings is 1. The molecule has 0 bridgehead atoms. The Kier molecular flexibility index (Phi) is 8.73. The van der Waals surface area contributed by atoms with Gasteiger partial charge in [0.15, 0.2) is 0 Å². The Balaban J connectivity index is 1.48. The van der Waals surface area contributed by atoms with Crippen molar-refractivity contribution in [3.8, 4) is 6.01 Å². The maximum absolute atomic E-state index is 6.03. The Labute approximate surface area is 202 Å². The van der Waals surface area contributed by atoms with Gasteiger partial charge in [-0.15, -0.1) is 0 Å². The third kappa shape index (κ3) is 6.47. The minimum atomic E-state index is 0.417. The molecule has 4 rings (SSSR count).